The van der Waals surface area contributed by atoms with Gasteiger partial charge < -0.3 is 9.15 Å². The Morgan fingerprint density at radius 2 is 1.77 bits per heavy atom. The molecule has 10 heteroatoms. The number of rotatable bonds is 6. The molecule has 0 saturated carbocycles. The molecule has 1 aromatic heterocycles. The molecule has 0 radical (unpaired) electrons. The first kappa shape index (κ1) is 17.0. The number of nitrogens with zero attached hydrogens (tertiary/aromatic N) is 4. The van der Waals surface area contributed by atoms with Crippen LogP contribution in [0.5, 0.6) is 5.75 Å². The molecule has 0 spiro atoms. The minimum absolute atomic E-state index is 0.0522. The lowest BCUT2D eigenvalue weighted by Gasteiger charge is -2.05. The zero-order valence-electron chi connectivity index (χ0n) is 13.5. The summed E-state index contributed by atoms with van der Waals surface area (Å²) < 4.78 is 10.9. The summed E-state index contributed by atoms with van der Waals surface area (Å²) in [5.41, 5.74) is 1.10. The fourth-order valence-electron chi connectivity index (χ4n) is 2.18. The number of non-ortho nitro benzene ring substituents is 1. The van der Waals surface area contributed by atoms with E-state index in [0.717, 1.165) is 5.56 Å². The Hall–Kier alpha value is -3.82. The first-order valence-electron chi connectivity index (χ1n) is 7.39. The molecule has 0 saturated heterocycles. The Bertz CT molecular complexity index is 967. The molecule has 1 heterocycles. The lowest BCUT2D eigenvalue weighted by Crippen LogP contribution is -1.99. The van der Waals surface area contributed by atoms with Gasteiger partial charge in [-0.25, -0.2) is 0 Å². The van der Waals surface area contributed by atoms with E-state index in [1.54, 1.807) is 19.1 Å². The van der Waals surface area contributed by atoms with Crippen LogP contribution in [0, 0.1) is 27.2 Å². The van der Waals surface area contributed by atoms with Crippen LogP contribution in [0.3, 0.4) is 0 Å². The Kier molecular flexibility index (Phi) is 4.56. The van der Waals surface area contributed by atoms with E-state index in [1.165, 1.54) is 30.3 Å². The van der Waals surface area contributed by atoms with Gasteiger partial charge in [-0.05, 0) is 30.7 Å². The molecule has 0 atom stereocenters. The summed E-state index contributed by atoms with van der Waals surface area (Å²) in [5.74, 6) is 0.386. The largest absolute Gasteiger partial charge is 0.477 e. The SMILES string of the molecule is Cc1ccc([N+](=O)[O-])c(OCc2nnc(-c3ccc([N+](=O)[O-])cc3)o2)c1. The van der Waals surface area contributed by atoms with Gasteiger partial charge in [-0.3, -0.25) is 20.2 Å². The van der Waals surface area contributed by atoms with Crippen molar-refractivity contribution in [1.82, 2.24) is 10.2 Å². The zero-order valence-corrected chi connectivity index (χ0v) is 13.5. The van der Waals surface area contributed by atoms with Gasteiger partial charge in [-0.2, -0.15) is 0 Å². The summed E-state index contributed by atoms with van der Waals surface area (Å²) >= 11 is 0. The molecule has 0 aliphatic heterocycles. The minimum atomic E-state index is -0.537. The van der Waals surface area contributed by atoms with E-state index >= 15 is 0 Å². The number of hydrogen-bond donors (Lipinski definition) is 0. The van der Waals surface area contributed by atoms with E-state index < -0.39 is 9.85 Å². The molecule has 26 heavy (non-hydrogen) atoms. The first-order valence-corrected chi connectivity index (χ1v) is 7.39. The maximum Gasteiger partial charge on any atom is 0.310 e. The number of aryl methyl sites for hydroxylation is 1. The molecule has 0 bridgehead atoms. The normalized spacial score (nSPS) is 10.5. The Balaban J connectivity index is 1.74. The highest BCUT2D eigenvalue weighted by Crippen LogP contribution is 2.29. The van der Waals surface area contributed by atoms with Crippen LogP contribution >= 0.6 is 0 Å². The number of aromatic nitrogens is 2. The predicted molar refractivity (Wildman–Crippen MR) is 88.6 cm³/mol. The summed E-state index contributed by atoms with van der Waals surface area (Å²) in [6.07, 6.45) is 0. The molecule has 0 aliphatic carbocycles. The highest BCUT2D eigenvalue weighted by molar-refractivity contribution is 5.55. The third-order valence-corrected chi connectivity index (χ3v) is 3.46. The smallest absolute Gasteiger partial charge is 0.310 e. The molecule has 10 nitrogen and oxygen atoms in total. The van der Waals surface area contributed by atoms with Crippen molar-refractivity contribution in [2.24, 2.45) is 0 Å². The standard InChI is InChI=1S/C16H12N4O6/c1-10-2-7-13(20(23)24)14(8-10)25-9-15-17-18-16(26-15)11-3-5-12(6-4-11)19(21)22/h2-8H,9H2,1H3. The van der Waals surface area contributed by atoms with E-state index in [9.17, 15) is 20.2 Å². The maximum atomic E-state index is 11.0. The van der Waals surface area contributed by atoms with Crippen molar-refractivity contribution in [1.29, 1.82) is 0 Å². The molecule has 0 aliphatic rings. The second-order valence-corrected chi connectivity index (χ2v) is 5.32. The number of benzene rings is 2. The quantitative estimate of drug-likeness (QED) is 0.484. The highest BCUT2D eigenvalue weighted by atomic mass is 16.6. The number of nitro groups is 2. The lowest BCUT2D eigenvalue weighted by molar-refractivity contribution is -0.386. The van der Waals surface area contributed by atoms with Crippen LogP contribution in [-0.2, 0) is 6.61 Å². The van der Waals surface area contributed by atoms with Gasteiger partial charge in [0.25, 0.3) is 11.6 Å². The van der Waals surface area contributed by atoms with E-state index in [4.69, 9.17) is 9.15 Å². The molecule has 3 aromatic rings. The Morgan fingerprint density at radius 3 is 2.42 bits per heavy atom. The summed E-state index contributed by atoms with van der Waals surface area (Å²) in [4.78, 5) is 20.7. The number of hydrogen-bond acceptors (Lipinski definition) is 8. The van der Waals surface area contributed by atoms with E-state index in [0.29, 0.717) is 5.56 Å². The number of nitro benzene ring substituents is 2. The molecular formula is C16H12N4O6. The molecular weight excluding hydrogens is 344 g/mol. The second kappa shape index (κ2) is 6.97. The summed E-state index contributed by atoms with van der Waals surface area (Å²) in [7, 11) is 0. The van der Waals surface area contributed by atoms with Crippen molar-refractivity contribution in [3.8, 4) is 17.2 Å². The van der Waals surface area contributed by atoms with Crippen LogP contribution in [0.25, 0.3) is 11.5 Å². The Labute approximate surface area is 146 Å². The van der Waals surface area contributed by atoms with E-state index in [-0.39, 0.29) is 35.5 Å². The molecule has 0 unspecified atom stereocenters. The monoisotopic (exact) mass is 356 g/mol. The third-order valence-electron chi connectivity index (χ3n) is 3.46. The summed E-state index contributed by atoms with van der Waals surface area (Å²) in [6, 6.07) is 10.2. The van der Waals surface area contributed by atoms with Crippen LogP contribution < -0.4 is 4.74 Å². The van der Waals surface area contributed by atoms with Gasteiger partial charge in [0, 0.05) is 23.8 Å². The van der Waals surface area contributed by atoms with Gasteiger partial charge in [-0.15, -0.1) is 10.2 Å². The average molecular weight is 356 g/mol. The van der Waals surface area contributed by atoms with Crippen molar-refractivity contribution in [3.63, 3.8) is 0 Å². The molecule has 0 amide bonds. The number of ether oxygens (including phenoxy) is 1. The molecule has 0 N–H and O–H groups in total. The minimum Gasteiger partial charge on any atom is -0.477 e. The van der Waals surface area contributed by atoms with Crippen molar-refractivity contribution >= 4 is 11.4 Å². The van der Waals surface area contributed by atoms with Crippen LogP contribution in [0.1, 0.15) is 11.5 Å². The third kappa shape index (κ3) is 3.64. The zero-order chi connectivity index (χ0) is 18.7. The van der Waals surface area contributed by atoms with Gasteiger partial charge in [-0.1, -0.05) is 6.07 Å². The van der Waals surface area contributed by atoms with Gasteiger partial charge in [0.2, 0.25) is 5.89 Å². The van der Waals surface area contributed by atoms with Gasteiger partial charge in [0.15, 0.2) is 12.4 Å². The molecule has 0 fully saturated rings. The van der Waals surface area contributed by atoms with Crippen LogP contribution in [0.15, 0.2) is 46.9 Å². The van der Waals surface area contributed by atoms with Crippen LogP contribution in [-0.4, -0.2) is 20.0 Å². The van der Waals surface area contributed by atoms with Gasteiger partial charge in [0.1, 0.15) is 0 Å². The average Bonchev–Trinajstić information content (AvgIpc) is 3.09. The highest BCUT2D eigenvalue weighted by Gasteiger charge is 2.17. The van der Waals surface area contributed by atoms with Crippen LogP contribution in [0.4, 0.5) is 11.4 Å². The van der Waals surface area contributed by atoms with Crippen molar-refractivity contribution < 1.29 is 19.0 Å². The fraction of sp³-hybridized carbons (Fsp3) is 0.125. The fourth-order valence-corrected chi connectivity index (χ4v) is 2.18. The topological polar surface area (TPSA) is 134 Å². The van der Waals surface area contributed by atoms with E-state index in [1.807, 2.05) is 0 Å². The second-order valence-electron chi connectivity index (χ2n) is 5.32. The summed E-state index contributed by atoms with van der Waals surface area (Å²) in [5, 5.41) is 29.4. The van der Waals surface area contributed by atoms with Gasteiger partial charge in [0.05, 0.1) is 9.85 Å². The first-order chi connectivity index (χ1) is 12.4. The summed E-state index contributed by atoms with van der Waals surface area (Å²) in [6.45, 7) is 1.64. The lowest BCUT2D eigenvalue weighted by atomic mass is 10.2. The Morgan fingerprint density at radius 1 is 1.04 bits per heavy atom. The van der Waals surface area contributed by atoms with Crippen molar-refractivity contribution in [2.45, 2.75) is 13.5 Å². The predicted octanol–water partition coefficient (Wildman–Crippen LogP) is 3.44. The van der Waals surface area contributed by atoms with Crippen molar-refractivity contribution in [3.05, 3.63) is 74.1 Å². The van der Waals surface area contributed by atoms with Gasteiger partial charge >= 0.3 is 5.69 Å². The molecule has 3 rings (SSSR count). The molecule has 132 valence electrons. The van der Waals surface area contributed by atoms with Crippen molar-refractivity contribution in [2.75, 3.05) is 0 Å². The van der Waals surface area contributed by atoms with Crippen LogP contribution in [0.2, 0.25) is 0 Å². The maximum absolute atomic E-state index is 11.0. The molecule has 2 aromatic carbocycles. The van der Waals surface area contributed by atoms with E-state index in [2.05, 4.69) is 10.2 Å².